The van der Waals surface area contributed by atoms with Crippen molar-refractivity contribution in [3.05, 3.63) is 0 Å². The number of carbonyl (C=O) groups is 1. The topological polar surface area (TPSA) is 44.8 Å². The Hall–Kier alpha value is -0.610. The first kappa shape index (κ1) is 23.1. The Morgan fingerprint density at radius 1 is 1.14 bits per heavy atom. The first-order valence-corrected chi connectivity index (χ1v) is 12.0. The molecule has 0 aromatic carbocycles. The molecule has 1 heterocycles. The molecular formula is C25H44O4. The van der Waals surface area contributed by atoms with Crippen LogP contribution in [0.2, 0.25) is 0 Å². The van der Waals surface area contributed by atoms with Crippen LogP contribution in [0.25, 0.3) is 0 Å². The van der Waals surface area contributed by atoms with Gasteiger partial charge in [-0.1, -0.05) is 48.0 Å². The zero-order valence-electron chi connectivity index (χ0n) is 19.6. The highest BCUT2D eigenvalue weighted by Crippen LogP contribution is 2.61. The van der Waals surface area contributed by atoms with Crippen molar-refractivity contribution in [2.24, 2.45) is 40.9 Å². The highest BCUT2D eigenvalue weighted by atomic mass is 16.8. The van der Waals surface area contributed by atoms with Gasteiger partial charge in [0.25, 0.3) is 6.47 Å². The van der Waals surface area contributed by atoms with Gasteiger partial charge in [0.1, 0.15) is 12.7 Å². The van der Waals surface area contributed by atoms with Gasteiger partial charge in [-0.3, -0.25) is 4.79 Å². The van der Waals surface area contributed by atoms with Crippen LogP contribution in [0.4, 0.5) is 0 Å². The molecule has 0 aromatic heterocycles. The third kappa shape index (κ3) is 5.18. The minimum absolute atomic E-state index is 0.0710. The standard InChI is InChI=1S/C15H28.C10H16O4/c1-9(2)13-11-7-10(3)12(8-11)14(13)15(4,5)6;11-8-12-6-9-7-13-10(14-9)4-2-1-3-5-10/h9-14H,7-8H2,1-6H3;8-9H,1-7H2. The van der Waals surface area contributed by atoms with Crippen molar-refractivity contribution in [2.75, 3.05) is 13.2 Å². The van der Waals surface area contributed by atoms with Crippen LogP contribution in [-0.2, 0) is 19.0 Å². The van der Waals surface area contributed by atoms with E-state index >= 15 is 0 Å². The summed E-state index contributed by atoms with van der Waals surface area (Å²) in [7, 11) is 0. The van der Waals surface area contributed by atoms with Gasteiger partial charge in [0.2, 0.25) is 0 Å². The highest BCUT2D eigenvalue weighted by Gasteiger charge is 2.55. The lowest BCUT2D eigenvalue weighted by atomic mass is 9.61. The van der Waals surface area contributed by atoms with Gasteiger partial charge in [0.15, 0.2) is 5.79 Å². The first-order valence-electron chi connectivity index (χ1n) is 12.0. The average molecular weight is 409 g/mol. The summed E-state index contributed by atoms with van der Waals surface area (Å²) in [6.07, 6.45) is 8.53. The van der Waals surface area contributed by atoms with Crippen molar-refractivity contribution in [1.82, 2.24) is 0 Å². The van der Waals surface area contributed by atoms with Gasteiger partial charge in [-0.05, 0) is 66.6 Å². The highest BCUT2D eigenvalue weighted by molar-refractivity contribution is 5.36. The lowest BCUT2D eigenvalue weighted by Crippen LogP contribution is -2.38. The van der Waals surface area contributed by atoms with Crippen LogP contribution in [0, 0.1) is 40.9 Å². The molecule has 4 heteroatoms. The molecule has 4 rings (SSSR count). The van der Waals surface area contributed by atoms with Crippen LogP contribution in [0.5, 0.6) is 0 Å². The van der Waals surface area contributed by atoms with Gasteiger partial charge in [0.05, 0.1) is 6.61 Å². The van der Waals surface area contributed by atoms with E-state index in [2.05, 4.69) is 46.3 Å². The minimum atomic E-state index is -0.352. The van der Waals surface area contributed by atoms with Crippen LogP contribution >= 0.6 is 0 Å². The molecule has 1 aliphatic heterocycles. The van der Waals surface area contributed by atoms with Gasteiger partial charge in [-0.25, -0.2) is 0 Å². The van der Waals surface area contributed by atoms with Crippen molar-refractivity contribution in [3.8, 4) is 0 Å². The second-order valence-electron chi connectivity index (χ2n) is 11.5. The third-order valence-electron chi connectivity index (χ3n) is 8.05. The van der Waals surface area contributed by atoms with E-state index in [4.69, 9.17) is 9.47 Å². The first-order chi connectivity index (χ1) is 13.7. The Balaban J connectivity index is 0.000000166. The van der Waals surface area contributed by atoms with E-state index in [0.29, 0.717) is 25.1 Å². The Labute approximate surface area is 178 Å². The number of hydrogen-bond acceptors (Lipinski definition) is 4. The second kappa shape index (κ2) is 9.26. The number of hydrogen-bond donors (Lipinski definition) is 0. The maximum absolute atomic E-state index is 10.0. The smallest absolute Gasteiger partial charge is 0.293 e. The van der Waals surface area contributed by atoms with E-state index < -0.39 is 0 Å². The van der Waals surface area contributed by atoms with Crippen molar-refractivity contribution < 1.29 is 19.0 Å². The summed E-state index contributed by atoms with van der Waals surface area (Å²) < 4.78 is 16.1. The van der Waals surface area contributed by atoms with Crippen molar-refractivity contribution in [3.63, 3.8) is 0 Å². The molecule has 6 unspecified atom stereocenters. The Morgan fingerprint density at radius 3 is 2.41 bits per heavy atom. The maximum Gasteiger partial charge on any atom is 0.293 e. The fraction of sp³-hybridized carbons (Fsp3) is 0.960. The number of ether oxygens (including phenoxy) is 3. The number of carbonyl (C=O) groups excluding carboxylic acids is 1. The normalized spacial score (nSPS) is 38.2. The Bertz CT molecular complexity index is 531. The average Bonchev–Trinajstić information content (AvgIpc) is 3.33. The van der Waals surface area contributed by atoms with Gasteiger partial charge < -0.3 is 14.2 Å². The van der Waals surface area contributed by atoms with Crippen LogP contribution in [-0.4, -0.2) is 31.6 Å². The summed E-state index contributed by atoms with van der Waals surface area (Å²) in [6.45, 7) is 16.1. The van der Waals surface area contributed by atoms with E-state index in [1.54, 1.807) is 0 Å². The zero-order valence-corrected chi connectivity index (χ0v) is 19.6. The van der Waals surface area contributed by atoms with Crippen molar-refractivity contribution in [1.29, 1.82) is 0 Å². The van der Waals surface area contributed by atoms with Crippen LogP contribution in [0.3, 0.4) is 0 Å². The predicted octanol–water partition coefficient (Wildman–Crippen LogP) is 5.83. The monoisotopic (exact) mass is 408 g/mol. The molecule has 0 amide bonds. The summed E-state index contributed by atoms with van der Waals surface area (Å²) in [5, 5.41) is 0. The summed E-state index contributed by atoms with van der Waals surface area (Å²) in [6, 6.07) is 0. The zero-order chi connectivity index (χ0) is 21.2. The summed E-state index contributed by atoms with van der Waals surface area (Å²) >= 11 is 0. The molecule has 4 nitrogen and oxygen atoms in total. The quantitative estimate of drug-likeness (QED) is 0.549. The predicted molar refractivity (Wildman–Crippen MR) is 115 cm³/mol. The van der Waals surface area contributed by atoms with Gasteiger partial charge in [-0.2, -0.15) is 0 Å². The van der Waals surface area contributed by atoms with Crippen LogP contribution < -0.4 is 0 Å². The van der Waals surface area contributed by atoms with E-state index in [1.807, 2.05) is 0 Å². The second-order valence-corrected chi connectivity index (χ2v) is 11.5. The summed E-state index contributed by atoms with van der Waals surface area (Å²) in [4.78, 5) is 10.0. The van der Waals surface area contributed by atoms with Crippen molar-refractivity contribution in [2.45, 2.75) is 98.4 Å². The SMILES string of the molecule is CC(C)C1C2CC(C)C(C2)C1C(C)(C)C.O=COCC1COC2(CCCCC2)O1. The third-order valence-corrected chi connectivity index (χ3v) is 8.05. The van der Waals surface area contributed by atoms with E-state index in [-0.39, 0.29) is 11.9 Å². The molecule has 0 N–H and O–H groups in total. The summed E-state index contributed by atoms with van der Waals surface area (Å²) in [5.41, 5.74) is 0.517. The molecule has 1 saturated heterocycles. The van der Waals surface area contributed by atoms with Crippen molar-refractivity contribution >= 4 is 6.47 Å². The van der Waals surface area contributed by atoms with Gasteiger partial charge in [0, 0.05) is 12.8 Å². The van der Waals surface area contributed by atoms with E-state index in [9.17, 15) is 4.79 Å². The fourth-order valence-corrected chi connectivity index (χ4v) is 7.10. The molecule has 168 valence electrons. The lowest BCUT2D eigenvalue weighted by molar-refractivity contribution is -0.191. The molecule has 2 bridgehead atoms. The molecular weight excluding hydrogens is 364 g/mol. The Morgan fingerprint density at radius 2 is 1.83 bits per heavy atom. The number of rotatable bonds is 4. The minimum Gasteiger partial charge on any atom is -0.465 e. The lowest BCUT2D eigenvalue weighted by Gasteiger charge is -2.44. The van der Waals surface area contributed by atoms with E-state index in [0.717, 1.165) is 48.3 Å². The molecule has 0 aromatic rings. The maximum atomic E-state index is 10.0. The molecule has 6 atom stereocenters. The largest absolute Gasteiger partial charge is 0.465 e. The van der Waals surface area contributed by atoms with Gasteiger partial charge >= 0.3 is 0 Å². The molecule has 29 heavy (non-hydrogen) atoms. The molecule has 0 radical (unpaired) electrons. The fourth-order valence-electron chi connectivity index (χ4n) is 7.10. The number of fused-ring (bicyclic) bond motifs is 2. The van der Waals surface area contributed by atoms with Crippen LogP contribution in [0.1, 0.15) is 86.5 Å². The molecule has 1 spiro atoms. The van der Waals surface area contributed by atoms with Gasteiger partial charge in [-0.15, -0.1) is 0 Å². The molecule has 3 saturated carbocycles. The molecule has 4 fully saturated rings. The molecule has 3 aliphatic carbocycles. The summed E-state index contributed by atoms with van der Waals surface area (Å²) in [5.74, 6) is 5.59. The molecule has 4 aliphatic rings. The Kier molecular flexibility index (Phi) is 7.36. The van der Waals surface area contributed by atoms with Crippen LogP contribution in [0.15, 0.2) is 0 Å². The van der Waals surface area contributed by atoms with E-state index in [1.165, 1.54) is 32.1 Å².